The van der Waals surface area contributed by atoms with Gasteiger partial charge in [0.25, 0.3) is 0 Å². The molecule has 2 atom stereocenters. The summed E-state index contributed by atoms with van der Waals surface area (Å²) in [6.45, 7) is 7.12. The lowest BCUT2D eigenvalue weighted by atomic mass is 9.70. The number of benzene rings is 1. The average molecular weight is 382 g/mol. The van der Waals surface area contributed by atoms with Gasteiger partial charge in [-0.25, -0.2) is 4.98 Å². The lowest BCUT2D eigenvalue weighted by Gasteiger charge is -2.33. The van der Waals surface area contributed by atoms with Gasteiger partial charge in [0.15, 0.2) is 0 Å². The van der Waals surface area contributed by atoms with Crippen LogP contribution in [0.15, 0.2) is 35.7 Å². The molecule has 5 heteroatoms. The van der Waals surface area contributed by atoms with Crippen LogP contribution in [0.4, 0.5) is 0 Å². The van der Waals surface area contributed by atoms with E-state index in [1.807, 2.05) is 24.3 Å². The fraction of sp³-hybridized carbons (Fsp3) is 0.381. The highest BCUT2D eigenvalue weighted by Gasteiger charge is 2.60. The van der Waals surface area contributed by atoms with Gasteiger partial charge >= 0.3 is 0 Å². The Morgan fingerprint density at radius 3 is 2.77 bits per heavy atom. The van der Waals surface area contributed by atoms with Crippen LogP contribution in [0.5, 0.6) is 0 Å². The maximum absolute atomic E-state index is 6.11. The summed E-state index contributed by atoms with van der Waals surface area (Å²) in [7, 11) is 0. The molecule has 3 nitrogen and oxygen atoms in total. The monoisotopic (exact) mass is 381 g/mol. The first-order chi connectivity index (χ1) is 12.4. The van der Waals surface area contributed by atoms with E-state index in [0.717, 1.165) is 27.0 Å². The fourth-order valence-corrected chi connectivity index (χ4v) is 5.84. The van der Waals surface area contributed by atoms with Crippen LogP contribution in [0.1, 0.15) is 50.8 Å². The molecule has 2 heterocycles. The third-order valence-electron chi connectivity index (χ3n) is 6.79. The molecule has 26 heavy (non-hydrogen) atoms. The summed E-state index contributed by atoms with van der Waals surface area (Å²) in [5, 5.41) is 13.0. The number of hydrogen-bond acceptors (Lipinski definition) is 4. The molecule has 2 aromatic heterocycles. The van der Waals surface area contributed by atoms with Crippen LogP contribution in [-0.2, 0) is 5.41 Å². The SMILES string of the molecule is CC12CC[C@@H](c3cc(-c4csc(-c5cccc(Cl)c5)n4)nnc31)C2(C)C. The van der Waals surface area contributed by atoms with Crippen molar-refractivity contribution in [3.8, 4) is 22.0 Å². The molecule has 0 amide bonds. The first kappa shape index (κ1) is 16.4. The van der Waals surface area contributed by atoms with Gasteiger partial charge < -0.3 is 0 Å². The number of fused-ring (bicyclic) bond motifs is 5. The third-order valence-corrected chi connectivity index (χ3v) is 7.91. The smallest absolute Gasteiger partial charge is 0.124 e. The zero-order chi connectivity index (χ0) is 18.1. The Kier molecular flexibility index (Phi) is 3.38. The Morgan fingerprint density at radius 1 is 1.12 bits per heavy atom. The highest BCUT2D eigenvalue weighted by atomic mass is 35.5. The molecule has 2 aliphatic rings. The molecule has 0 spiro atoms. The Labute approximate surface area is 162 Å². The van der Waals surface area contributed by atoms with E-state index in [1.165, 1.54) is 24.1 Å². The van der Waals surface area contributed by atoms with Crippen LogP contribution in [0.2, 0.25) is 5.02 Å². The summed E-state index contributed by atoms with van der Waals surface area (Å²) in [6, 6.07) is 10.0. The lowest BCUT2D eigenvalue weighted by molar-refractivity contribution is 0.226. The van der Waals surface area contributed by atoms with Gasteiger partial charge in [-0.1, -0.05) is 44.5 Å². The molecule has 2 bridgehead atoms. The highest BCUT2D eigenvalue weighted by Crippen LogP contribution is 2.67. The van der Waals surface area contributed by atoms with Gasteiger partial charge in [-0.15, -0.1) is 16.4 Å². The van der Waals surface area contributed by atoms with E-state index in [0.29, 0.717) is 5.92 Å². The predicted molar refractivity (Wildman–Crippen MR) is 107 cm³/mol. The molecule has 1 fully saturated rings. The molecule has 3 aromatic rings. The minimum Gasteiger partial charge on any atom is -0.234 e. The number of rotatable bonds is 2. The van der Waals surface area contributed by atoms with E-state index in [1.54, 1.807) is 11.3 Å². The van der Waals surface area contributed by atoms with Crippen LogP contribution < -0.4 is 0 Å². The molecule has 132 valence electrons. The number of halogens is 1. The summed E-state index contributed by atoms with van der Waals surface area (Å²) >= 11 is 7.73. The molecular weight excluding hydrogens is 362 g/mol. The highest BCUT2D eigenvalue weighted by molar-refractivity contribution is 7.13. The van der Waals surface area contributed by atoms with Gasteiger partial charge in [0.1, 0.15) is 16.4 Å². The van der Waals surface area contributed by atoms with Crippen molar-refractivity contribution in [2.24, 2.45) is 5.41 Å². The Morgan fingerprint density at radius 2 is 1.96 bits per heavy atom. The molecule has 1 unspecified atom stereocenters. The van der Waals surface area contributed by atoms with E-state index >= 15 is 0 Å². The van der Waals surface area contributed by atoms with Crippen molar-refractivity contribution < 1.29 is 0 Å². The summed E-state index contributed by atoms with van der Waals surface area (Å²) in [5.74, 6) is 0.572. The normalized spacial score (nSPS) is 25.5. The van der Waals surface area contributed by atoms with Crippen molar-refractivity contribution in [3.05, 3.63) is 52.0 Å². The lowest BCUT2D eigenvalue weighted by Crippen LogP contribution is -2.32. The topological polar surface area (TPSA) is 38.7 Å². The van der Waals surface area contributed by atoms with Crippen LogP contribution in [0.25, 0.3) is 22.0 Å². The molecule has 5 rings (SSSR count). The van der Waals surface area contributed by atoms with Gasteiger partial charge in [-0.05, 0) is 47.9 Å². The maximum Gasteiger partial charge on any atom is 0.124 e. The Bertz CT molecular complexity index is 1030. The van der Waals surface area contributed by atoms with Crippen molar-refractivity contribution >= 4 is 22.9 Å². The van der Waals surface area contributed by atoms with Gasteiger partial charge in [0.2, 0.25) is 0 Å². The molecule has 0 saturated heterocycles. The first-order valence-corrected chi connectivity index (χ1v) is 10.3. The summed E-state index contributed by atoms with van der Waals surface area (Å²) < 4.78 is 0. The molecular formula is C21H20ClN3S. The Hall–Kier alpha value is -1.78. The minimum atomic E-state index is 0.145. The number of nitrogens with zero attached hydrogens (tertiary/aromatic N) is 3. The molecule has 0 aliphatic heterocycles. The van der Waals surface area contributed by atoms with Gasteiger partial charge in [0, 0.05) is 21.4 Å². The van der Waals surface area contributed by atoms with Gasteiger partial charge in [-0.3, -0.25) is 0 Å². The second-order valence-corrected chi connectivity index (χ2v) is 9.52. The number of aromatic nitrogens is 3. The number of thiazole rings is 1. The van der Waals surface area contributed by atoms with Crippen molar-refractivity contribution in [3.63, 3.8) is 0 Å². The zero-order valence-electron chi connectivity index (χ0n) is 15.1. The minimum absolute atomic E-state index is 0.145. The molecule has 1 saturated carbocycles. The summed E-state index contributed by atoms with van der Waals surface area (Å²) in [5.41, 5.74) is 5.78. The average Bonchev–Trinajstić information content (AvgIpc) is 3.23. The van der Waals surface area contributed by atoms with Crippen molar-refractivity contribution in [2.75, 3.05) is 0 Å². The molecule has 1 aromatic carbocycles. The zero-order valence-corrected chi connectivity index (χ0v) is 16.7. The van der Waals surface area contributed by atoms with E-state index < -0.39 is 0 Å². The van der Waals surface area contributed by atoms with Crippen LogP contribution in [-0.4, -0.2) is 15.2 Å². The van der Waals surface area contributed by atoms with E-state index in [2.05, 4.69) is 42.4 Å². The predicted octanol–water partition coefficient (Wildman–Crippen LogP) is 6.10. The summed E-state index contributed by atoms with van der Waals surface area (Å²) in [4.78, 5) is 4.79. The largest absolute Gasteiger partial charge is 0.234 e. The van der Waals surface area contributed by atoms with Crippen LogP contribution in [0, 0.1) is 5.41 Å². The first-order valence-electron chi connectivity index (χ1n) is 9.00. The van der Waals surface area contributed by atoms with E-state index in [-0.39, 0.29) is 10.8 Å². The number of hydrogen-bond donors (Lipinski definition) is 0. The van der Waals surface area contributed by atoms with Crippen molar-refractivity contribution in [2.45, 2.75) is 44.9 Å². The molecule has 2 aliphatic carbocycles. The standard InChI is InChI=1S/C21H20ClN3S/c1-20(2)15-7-8-21(20,3)18-14(15)10-16(24-25-18)17-11-26-19(23-17)12-5-4-6-13(22)9-12/h4-6,9-11,15H,7-8H2,1-3H3/t15-,21?/m0/s1. The van der Waals surface area contributed by atoms with Gasteiger partial charge in [0.05, 0.1) is 5.69 Å². The Balaban J connectivity index is 1.55. The molecule has 0 radical (unpaired) electrons. The van der Waals surface area contributed by atoms with Crippen LogP contribution in [0.3, 0.4) is 0 Å². The van der Waals surface area contributed by atoms with Crippen molar-refractivity contribution in [1.82, 2.24) is 15.2 Å². The second kappa shape index (κ2) is 5.37. The molecule has 0 N–H and O–H groups in total. The second-order valence-electron chi connectivity index (χ2n) is 8.23. The van der Waals surface area contributed by atoms with E-state index in [9.17, 15) is 0 Å². The maximum atomic E-state index is 6.11. The third kappa shape index (κ3) is 2.09. The van der Waals surface area contributed by atoms with Crippen LogP contribution >= 0.6 is 22.9 Å². The van der Waals surface area contributed by atoms with E-state index in [4.69, 9.17) is 16.6 Å². The summed E-state index contributed by atoms with van der Waals surface area (Å²) in [6.07, 6.45) is 2.45. The van der Waals surface area contributed by atoms with Gasteiger partial charge in [-0.2, -0.15) is 5.10 Å². The fourth-order valence-electron chi connectivity index (χ4n) is 4.84. The van der Waals surface area contributed by atoms with Crippen molar-refractivity contribution in [1.29, 1.82) is 0 Å². The quantitative estimate of drug-likeness (QED) is 0.538.